The van der Waals surface area contributed by atoms with Gasteiger partial charge in [-0.15, -0.1) is 10.2 Å². The summed E-state index contributed by atoms with van der Waals surface area (Å²) in [6.07, 6.45) is 5.18. The number of carboxylic acid groups (broad SMARTS) is 1. The van der Waals surface area contributed by atoms with Crippen molar-refractivity contribution in [1.29, 1.82) is 0 Å². The van der Waals surface area contributed by atoms with Crippen LogP contribution in [0.5, 0.6) is 0 Å². The van der Waals surface area contributed by atoms with Crippen LogP contribution in [-0.4, -0.2) is 44.8 Å². The lowest BCUT2D eigenvalue weighted by Gasteiger charge is -2.17. The zero-order valence-electron chi connectivity index (χ0n) is 11.9. The van der Waals surface area contributed by atoms with Gasteiger partial charge in [0.15, 0.2) is 5.16 Å². The summed E-state index contributed by atoms with van der Waals surface area (Å²) >= 11 is 1.25. The first-order chi connectivity index (χ1) is 9.65. The molecule has 0 aromatic carbocycles. The number of aliphatic carboxylic acids is 1. The normalized spacial score (nSPS) is 22.3. The number of methoxy groups -OCH3 is 1. The highest BCUT2D eigenvalue weighted by Gasteiger charge is 2.29. The van der Waals surface area contributed by atoms with Crippen molar-refractivity contribution < 1.29 is 14.6 Å². The van der Waals surface area contributed by atoms with Gasteiger partial charge in [0, 0.05) is 19.6 Å². The fraction of sp³-hybridized carbons (Fsp3) is 0.769. The molecule has 0 saturated heterocycles. The van der Waals surface area contributed by atoms with E-state index >= 15 is 0 Å². The van der Waals surface area contributed by atoms with Crippen LogP contribution in [0.25, 0.3) is 0 Å². The Kier molecular flexibility index (Phi) is 5.42. The third-order valence-corrected chi connectivity index (χ3v) is 4.52. The number of thioether (sulfide) groups is 1. The van der Waals surface area contributed by atoms with Crippen LogP contribution in [0.4, 0.5) is 0 Å². The second kappa shape index (κ2) is 7.08. The lowest BCUT2D eigenvalue weighted by atomic mass is 10.2. The van der Waals surface area contributed by atoms with Crippen LogP contribution in [0.1, 0.15) is 44.5 Å². The fourth-order valence-electron chi connectivity index (χ4n) is 2.66. The SMILES string of the molecule is CCCc1nnc(SCC(=O)O)n1C1CCC(OC)C1. The molecule has 2 atom stereocenters. The van der Waals surface area contributed by atoms with Crippen LogP contribution < -0.4 is 0 Å². The van der Waals surface area contributed by atoms with Gasteiger partial charge >= 0.3 is 5.97 Å². The summed E-state index contributed by atoms with van der Waals surface area (Å²) < 4.78 is 7.56. The number of hydrogen-bond donors (Lipinski definition) is 1. The van der Waals surface area contributed by atoms with Gasteiger partial charge in [-0.2, -0.15) is 0 Å². The van der Waals surface area contributed by atoms with E-state index in [2.05, 4.69) is 21.7 Å². The molecule has 6 nitrogen and oxygen atoms in total. The zero-order chi connectivity index (χ0) is 14.5. The van der Waals surface area contributed by atoms with Gasteiger partial charge < -0.3 is 14.4 Å². The average Bonchev–Trinajstić information content (AvgIpc) is 3.02. The van der Waals surface area contributed by atoms with Gasteiger partial charge in [0.2, 0.25) is 0 Å². The Balaban J connectivity index is 2.18. The van der Waals surface area contributed by atoms with E-state index in [0.29, 0.717) is 6.04 Å². The smallest absolute Gasteiger partial charge is 0.313 e. The third kappa shape index (κ3) is 3.52. The molecule has 20 heavy (non-hydrogen) atoms. The number of aryl methyl sites for hydroxylation is 1. The minimum absolute atomic E-state index is 0.0185. The van der Waals surface area contributed by atoms with E-state index in [0.717, 1.165) is 43.1 Å². The maximum absolute atomic E-state index is 10.7. The van der Waals surface area contributed by atoms with Crippen molar-refractivity contribution in [1.82, 2.24) is 14.8 Å². The highest BCUT2D eigenvalue weighted by Crippen LogP contribution is 2.35. The maximum Gasteiger partial charge on any atom is 0.313 e. The summed E-state index contributed by atoms with van der Waals surface area (Å²) in [5.74, 6) is 0.148. The molecule has 0 bridgehead atoms. The lowest BCUT2D eigenvalue weighted by molar-refractivity contribution is -0.133. The minimum Gasteiger partial charge on any atom is -0.481 e. The molecule has 112 valence electrons. The standard InChI is InChI=1S/C13H21N3O3S/c1-3-4-11-14-15-13(20-8-12(17)18)16(11)9-5-6-10(7-9)19-2/h9-10H,3-8H2,1-2H3,(H,17,18). The Bertz CT molecular complexity index is 464. The summed E-state index contributed by atoms with van der Waals surface area (Å²) in [7, 11) is 1.74. The first-order valence-corrected chi connectivity index (χ1v) is 7.95. The zero-order valence-corrected chi connectivity index (χ0v) is 12.7. The Morgan fingerprint density at radius 1 is 1.50 bits per heavy atom. The monoisotopic (exact) mass is 299 g/mol. The summed E-state index contributed by atoms with van der Waals surface area (Å²) in [5.41, 5.74) is 0. The van der Waals surface area contributed by atoms with Crippen LogP contribution in [0.15, 0.2) is 5.16 Å². The Morgan fingerprint density at radius 2 is 2.30 bits per heavy atom. The number of ether oxygens (including phenoxy) is 1. The summed E-state index contributed by atoms with van der Waals surface area (Å²) in [6, 6.07) is 0.327. The number of rotatable bonds is 7. The lowest BCUT2D eigenvalue weighted by Crippen LogP contribution is -2.13. The fourth-order valence-corrected chi connectivity index (χ4v) is 3.40. The highest BCUT2D eigenvalue weighted by atomic mass is 32.2. The molecule has 1 aliphatic rings. The van der Waals surface area contributed by atoms with E-state index in [9.17, 15) is 4.79 Å². The quantitative estimate of drug-likeness (QED) is 0.777. The molecule has 7 heteroatoms. The van der Waals surface area contributed by atoms with Crippen molar-refractivity contribution in [3.05, 3.63) is 5.82 Å². The molecule has 1 N–H and O–H groups in total. The Morgan fingerprint density at radius 3 is 2.90 bits per heavy atom. The van der Waals surface area contributed by atoms with Gasteiger partial charge in [0.25, 0.3) is 0 Å². The van der Waals surface area contributed by atoms with E-state index in [1.165, 1.54) is 11.8 Å². The molecule has 0 aliphatic heterocycles. The Labute approximate surface area is 122 Å². The second-order valence-corrected chi connectivity index (χ2v) is 5.97. The Hall–Kier alpha value is -1.08. The van der Waals surface area contributed by atoms with E-state index in [-0.39, 0.29) is 11.9 Å². The number of carbonyl (C=O) groups is 1. The van der Waals surface area contributed by atoms with Crippen LogP contribution in [0.3, 0.4) is 0 Å². The third-order valence-electron chi connectivity index (χ3n) is 3.59. The van der Waals surface area contributed by atoms with E-state index in [1.54, 1.807) is 7.11 Å². The minimum atomic E-state index is -0.831. The molecule has 0 spiro atoms. The topological polar surface area (TPSA) is 77.2 Å². The van der Waals surface area contributed by atoms with Crippen molar-refractivity contribution in [2.24, 2.45) is 0 Å². The first-order valence-electron chi connectivity index (χ1n) is 6.96. The van der Waals surface area contributed by atoms with Gasteiger partial charge in [-0.05, 0) is 25.7 Å². The molecule has 0 amide bonds. The molecule has 0 radical (unpaired) electrons. The van der Waals surface area contributed by atoms with Gasteiger partial charge in [0.1, 0.15) is 5.82 Å². The number of aromatic nitrogens is 3. The van der Waals surface area contributed by atoms with Gasteiger partial charge in [-0.25, -0.2) is 0 Å². The van der Waals surface area contributed by atoms with Gasteiger partial charge in [0.05, 0.1) is 11.9 Å². The summed E-state index contributed by atoms with van der Waals surface area (Å²) in [4.78, 5) is 10.7. The number of carboxylic acids is 1. The molecule has 2 rings (SSSR count). The summed E-state index contributed by atoms with van der Waals surface area (Å²) in [6.45, 7) is 2.11. The van der Waals surface area contributed by atoms with Crippen LogP contribution in [0.2, 0.25) is 0 Å². The summed E-state index contributed by atoms with van der Waals surface area (Å²) in [5, 5.41) is 18.0. The van der Waals surface area contributed by atoms with Gasteiger partial charge in [-0.1, -0.05) is 18.7 Å². The molecule has 1 heterocycles. The average molecular weight is 299 g/mol. The van der Waals surface area contributed by atoms with Crippen molar-refractivity contribution in [3.8, 4) is 0 Å². The molecule has 1 aromatic rings. The van der Waals surface area contributed by atoms with Crippen molar-refractivity contribution >= 4 is 17.7 Å². The predicted octanol–water partition coefficient (Wildman–Crippen LogP) is 2.15. The van der Waals surface area contributed by atoms with Crippen LogP contribution >= 0.6 is 11.8 Å². The molecular formula is C13H21N3O3S. The van der Waals surface area contributed by atoms with E-state index in [1.807, 2.05) is 0 Å². The van der Waals surface area contributed by atoms with Crippen molar-refractivity contribution in [2.45, 2.75) is 56.3 Å². The van der Waals surface area contributed by atoms with E-state index in [4.69, 9.17) is 9.84 Å². The van der Waals surface area contributed by atoms with E-state index < -0.39 is 5.97 Å². The molecule has 1 fully saturated rings. The van der Waals surface area contributed by atoms with Crippen LogP contribution in [0, 0.1) is 0 Å². The van der Waals surface area contributed by atoms with Gasteiger partial charge in [-0.3, -0.25) is 4.79 Å². The first kappa shape index (κ1) is 15.3. The molecule has 1 aliphatic carbocycles. The number of nitrogens with zero attached hydrogens (tertiary/aromatic N) is 3. The van der Waals surface area contributed by atoms with Crippen molar-refractivity contribution in [2.75, 3.05) is 12.9 Å². The molecular weight excluding hydrogens is 278 g/mol. The second-order valence-electron chi connectivity index (χ2n) is 5.03. The molecule has 1 aromatic heterocycles. The number of hydrogen-bond acceptors (Lipinski definition) is 5. The molecule has 1 saturated carbocycles. The predicted molar refractivity (Wildman–Crippen MR) is 76.1 cm³/mol. The maximum atomic E-state index is 10.7. The highest BCUT2D eigenvalue weighted by molar-refractivity contribution is 7.99. The van der Waals surface area contributed by atoms with Crippen molar-refractivity contribution in [3.63, 3.8) is 0 Å². The molecule has 2 unspecified atom stereocenters. The van der Waals surface area contributed by atoms with Crippen LogP contribution in [-0.2, 0) is 16.0 Å². The largest absolute Gasteiger partial charge is 0.481 e.